The fraction of sp³-hybridized carbons (Fsp3) is 0.267. The van der Waals surface area contributed by atoms with Crippen molar-refractivity contribution in [3.63, 3.8) is 0 Å². The largest absolute Gasteiger partial charge is 0.356 e. The number of rotatable bonds is 6. The van der Waals surface area contributed by atoms with Crippen LogP contribution in [-0.4, -0.2) is 24.0 Å². The van der Waals surface area contributed by atoms with E-state index in [1.54, 1.807) is 0 Å². The third-order valence-electron chi connectivity index (χ3n) is 6.72. The first kappa shape index (κ1) is 22.1. The molecule has 4 nitrogen and oxygen atoms in total. The number of para-hydroxylation sites is 1. The minimum Gasteiger partial charge on any atom is -0.356 e. The van der Waals surface area contributed by atoms with Crippen LogP contribution < -0.4 is 10.2 Å². The molecule has 1 aliphatic heterocycles. The second kappa shape index (κ2) is 10.1. The van der Waals surface area contributed by atoms with Crippen molar-refractivity contribution >= 4 is 22.6 Å². The molecule has 3 aromatic carbocycles. The molecule has 0 saturated carbocycles. The molecule has 172 valence electrons. The van der Waals surface area contributed by atoms with Crippen LogP contribution in [0, 0.1) is 5.92 Å². The van der Waals surface area contributed by atoms with Gasteiger partial charge >= 0.3 is 0 Å². The monoisotopic (exact) mass is 449 g/mol. The minimum atomic E-state index is -0.124. The van der Waals surface area contributed by atoms with E-state index >= 15 is 0 Å². The summed E-state index contributed by atoms with van der Waals surface area (Å²) in [5.41, 5.74) is 3.85. The van der Waals surface area contributed by atoms with E-state index in [1.165, 1.54) is 12.0 Å². The molecule has 2 atom stereocenters. The lowest BCUT2D eigenvalue weighted by Gasteiger charge is -2.32. The average molecular weight is 450 g/mol. The summed E-state index contributed by atoms with van der Waals surface area (Å²) in [7, 11) is 0. The number of aromatic nitrogens is 1. The molecule has 0 bridgehead atoms. The predicted octanol–water partition coefficient (Wildman–Crippen LogP) is 6.18. The molecule has 1 saturated heterocycles. The third-order valence-corrected chi connectivity index (χ3v) is 6.72. The van der Waals surface area contributed by atoms with Gasteiger partial charge in [0, 0.05) is 18.5 Å². The van der Waals surface area contributed by atoms with Crippen molar-refractivity contribution in [1.82, 2.24) is 10.3 Å². The number of amides is 1. The Balaban J connectivity index is 1.49. The van der Waals surface area contributed by atoms with Crippen molar-refractivity contribution in [2.75, 3.05) is 18.0 Å². The maximum atomic E-state index is 13.8. The van der Waals surface area contributed by atoms with Gasteiger partial charge in [0.05, 0.1) is 17.1 Å². The van der Waals surface area contributed by atoms with Crippen LogP contribution >= 0.6 is 0 Å². The number of nitrogens with zero attached hydrogens (tertiary/aromatic N) is 2. The molecule has 1 N–H and O–H groups in total. The predicted molar refractivity (Wildman–Crippen MR) is 139 cm³/mol. The fourth-order valence-electron chi connectivity index (χ4n) is 4.93. The topological polar surface area (TPSA) is 45.2 Å². The van der Waals surface area contributed by atoms with Gasteiger partial charge < -0.3 is 10.2 Å². The molecule has 0 unspecified atom stereocenters. The number of carbonyl (C=O) groups excluding carboxylic acids is 1. The summed E-state index contributed by atoms with van der Waals surface area (Å²) in [6.07, 6.45) is 3.14. The Bertz CT molecular complexity index is 1260. The van der Waals surface area contributed by atoms with Gasteiger partial charge in [-0.2, -0.15) is 0 Å². The standard InChI is InChI=1S/C30H31N3O/c1-22-11-10-18-33(21-22)29-20-26(25-16-8-9-17-27(25)31-29)30(34)32-28(24-14-6-3-7-15-24)19-23-12-4-2-5-13-23/h2-9,12-17,20,22,28H,10-11,18-19,21H2,1H3,(H,32,34)/t22-,28-/m0/s1. The van der Waals surface area contributed by atoms with E-state index in [0.29, 0.717) is 11.5 Å². The van der Waals surface area contributed by atoms with Crippen LogP contribution in [0.15, 0.2) is 91.0 Å². The Hall–Kier alpha value is -3.66. The molecule has 1 amide bonds. The molecule has 0 spiro atoms. The highest BCUT2D eigenvalue weighted by atomic mass is 16.1. The van der Waals surface area contributed by atoms with E-state index in [4.69, 9.17) is 4.98 Å². The van der Waals surface area contributed by atoms with Crippen molar-refractivity contribution in [2.24, 2.45) is 5.92 Å². The molecule has 0 aliphatic carbocycles. The van der Waals surface area contributed by atoms with Crippen LogP contribution in [0.25, 0.3) is 10.9 Å². The zero-order valence-electron chi connectivity index (χ0n) is 19.7. The lowest BCUT2D eigenvalue weighted by molar-refractivity contribution is 0.0938. The van der Waals surface area contributed by atoms with Gasteiger partial charge in [0.2, 0.25) is 0 Å². The second-order valence-corrected chi connectivity index (χ2v) is 9.37. The summed E-state index contributed by atoms with van der Waals surface area (Å²) >= 11 is 0. The van der Waals surface area contributed by atoms with Crippen molar-refractivity contribution < 1.29 is 4.79 Å². The summed E-state index contributed by atoms with van der Waals surface area (Å²) in [5, 5.41) is 4.23. The van der Waals surface area contributed by atoms with Gasteiger partial charge in [-0.3, -0.25) is 4.79 Å². The molecule has 5 rings (SSSR count). The fourth-order valence-corrected chi connectivity index (χ4v) is 4.93. The summed E-state index contributed by atoms with van der Waals surface area (Å²) in [5.74, 6) is 1.47. The normalized spacial score (nSPS) is 16.9. The van der Waals surface area contributed by atoms with E-state index in [1.807, 2.05) is 66.7 Å². The molecule has 4 heteroatoms. The minimum absolute atomic E-state index is 0.0605. The lowest BCUT2D eigenvalue weighted by Crippen LogP contribution is -2.35. The molecule has 4 aromatic rings. The smallest absolute Gasteiger partial charge is 0.252 e. The van der Waals surface area contributed by atoms with Gasteiger partial charge in [-0.1, -0.05) is 85.8 Å². The van der Waals surface area contributed by atoms with Crippen LogP contribution in [0.5, 0.6) is 0 Å². The first-order chi connectivity index (χ1) is 16.7. The van der Waals surface area contributed by atoms with E-state index in [-0.39, 0.29) is 11.9 Å². The number of hydrogen-bond acceptors (Lipinski definition) is 3. The summed E-state index contributed by atoms with van der Waals surface area (Å²) in [6, 6.07) is 30.4. The Kier molecular flexibility index (Phi) is 6.57. The summed E-state index contributed by atoms with van der Waals surface area (Å²) < 4.78 is 0. The first-order valence-corrected chi connectivity index (χ1v) is 12.2. The maximum absolute atomic E-state index is 13.8. The number of anilines is 1. The van der Waals surface area contributed by atoms with Crippen molar-refractivity contribution in [3.05, 3.63) is 108 Å². The van der Waals surface area contributed by atoms with Gasteiger partial charge in [-0.25, -0.2) is 4.98 Å². The van der Waals surface area contributed by atoms with E-state index < -0.39 is 0 Å². The van der Waals surface area contributed by atoms with Crippen LogP contribution in [-0.2, 0) is 6.42 Å². The number of pyridine rings is 1. The number of carbonyl (C=O) groups is 1. The van der Waals surface area contributed by atoms with Gasteiger partial charge in [-0.05, 0) is 48.4 Å². The van der Waals surface area contributed by atoms with E-state index in [9.17, 15) is 4.79 Å². The van der Waals surface area contributed by atoms with Crippen molar-refractivity contribution in [1.29, 1.82) is 0 Å². The van der Waals surface area contributed by atoms with Crippen molar-refractivity contribution in [3.8, 4) is 0 Å². The molecule has 1 aromatic heterocycles. The molecule has 1 fully saturated rings. The highest BCUT2D eigenvalue weighted by molar-refractivity contribution is 6.07. The Morgan fingerprint density at radius 1 is 1.00 bits per heavy atom. The van der Waals surface area contributed by atoms with E-state index in [2.05, 4.69) is 41.4 Å². The van der Waals surface area contributed by atoms with Crippen LogP contribution in [0.2, 0.25) is 0 Å². The Morgan fingerprint density at radius 3 is 2.47 bits per heavy atom. The number of hydrogen-bond donors (Lipinski definition) is 1. The average Bonchev–Trinajstić information content (AvgIpc) is 2.88. The zero-order chi connectivity index (χ0) is 23.3. The SMILES string of the molecule is C[C@H]1CCCN(c2cc(C(=O)N[C@@H](Cc3ccccc3)c3ccccc3)c3ccccc3n2)C1. The van der Waals surface area contributed by atoms with Crippen LogP contribution in [0.3, 0.4) is 0 Å². The number of benzene rings is 3. The van der Waals surface area contributed by atoms with Gasteiger partial charge in [0.25, 0.3) is 5.91 Å². The van der Waals surface area contributed by atoms with E-state index in [0.717, 1.165) is 48.2 Å². The molecule has 34 heavy (non-hydrogen) atoms. The van der Waals surface area contributed by atoms with Crippen LogP contribution in [0.4, 0.5) is 5.82 Å². The van der Waals surface area contributed by atoms with Gasteiger partial charge in [0.15, 0.2) is 0 Å². The van der Waals surface area contributed by atoms with Gasteiger partial charge in [0.1, 0.15) is 5.82 Å². The summed E-state index contributed by atoms with van der Waals surface area (Å²) in [4.78, 5) is 21.0. The summed E-state index contributed by atoms with van der Waals surface area (Å²) in [6.45, 7) is 4.25. The van der Waals surface area contributed by atoms with Crippen LogP contribution in [0.1, 0.15) is 47.3 Å². The van der Waals surface area contributed by atoms with Gasteiger partial charge in [-0.15, -0.1) is 0 Å². The maximum Gasteiger partial charge on any atom is 0.252 e. The molecular formula is C30H31N3O. The number of piperidine rings is 1. The third kappa shape index (κ3) is 4.96. The molecular weight excluding hydrogens is 418 g/mol. The molecule has 1 aliphatic rings. The molecule has 2 heterocycles. The Morgan fingerprint density at radius 2 is 1.71 bits per heavy atom. The first-order valence-electron chi connectivity index (χ1n) is 12.2. The second-order valence-electron chi connectivity index (χ2n) is 9.37. The lowest BCUT2D eigenvalue weighted by atomic mass is 9.97. The highest BCUT2D eigenvalue weighted by Gasteiger charge is 2.22. The zero-order valence-corrected chi connectivity index (χ0v) is 19.7. The Labute approximate surface area is 201 Å². The highest BCUT2D eigenvalue weighted by Crippen LogP contribution is 2.28. The molecule has 0 radical (unpaired) electrons. The van der Waals surface area contributed by atoms with Crippen molar-refractivity contribution in [2.45, 2.75) is 32.2 Å². The quantitative estimate of drug-likeness (QED) is 0.382. The number of fused-ring (bicyclic) bond motifs is 1. The number of nitrogens with one attached hydrogen (secondary N) is 1.